The maximum atomic E-state index is 11.1. The van der Waals surface area contributed by atoms with E-state index < -0.39 is 12.1 Å². The minimum Gasteiger partial charge on any atom is -0.475 e. The number of rotatable bonds is 0. The van der Waals surface area contributed by atoms with Gasteiger partial charge in [0, 0.05) is 24.9 Å². The van der Waals surface area contributed by atoms with E-state index in [0.717, 1.165) is 26.1 Å². The van der Waals surface area contributed by atoms with Gasteiger partial charge < -0.3 is 15.7 Å². The normalized spacial score (nSPS) is 27.6. The van der Waals surface area contributed by atoms with Crippen molar-refractivity contribution in [1.29, 1.82) is 0 Å². The van der Waals surface area contributed by atoms with Gasteiger partial charge in [-0.05, 0) is 13.0 Å². The molecule has 0 aromatic carbocycles. The van der Waals surface area contributed by atoms with E-state index in [2.05, 4.69) is 10.6 Å². The summed E-state index contributed by atoms with van der Waals surface area (Å²) in [6.45, 7) is 2.91. The summed E-state index contributed by atoms with van der Waals surface area (Å²) in [6.07, 6.45) is -4.06. The molecule has 5 nitrogen and oxygen atoms in total. The molecule has 2 rings (SSSR count). The van der Waals surface area contributed by atoms with Crippen LogP contribution in [0.4, 0.5) is 13.2 Å². The molecule has 0 saturated carbocycles. The third-order valence-electron chi connectivity index (χ3n) is 2.73. The Morgan fingerprint density at radius 3 is 2.41 bits per heavy atom. The lowest BCUT2D eigenvalue weighted by Gasteiger charge is -2.22. The number of fused-ring (bicyclic) bond motifs is 1. The van der Waals surface area contributed by atoms with Crippen molar-refractivity contribution < 1.29 is 27.9 Å². The Balaban J connectivity index is 0.000000185. The lowest BCUT2D eigenvalue weighted by atomic mass is 9.89. The molecular formula is C9H13F3N2O3. The van der Waals surface area contributed by atoms with E-state index in [0.29, 0.717) is 11.8 Å². The van der Waals surface area contributed by atoms with Crippen molar-refractivity contribution in [2.24, 2.45) is 11.8 Å². The van der Waals surface area contributed by atoms with Crippen LogP contribution in [0.25, 0.3) is 0 Å². The van der Waals surface area contributed by atoms with E-state index in [9.17, 15) is 18.0 Å². The van der Waals surface area contributed by atoms with Crippen LogP contribution in [0.15, 0.2) is 0 Å². The molecule has 98 valence electrons. The van der Waals surface area contributed by atoms with E-state index in [-0.39, 0.29) is 5.91 Å². The number of nitrogens with one attached hydrogen (secondary N) is 2. The van der Waals surface area contributed by atoms with E-state index in [1.54, 1.807) is 0 Å². The molecule has 0 bridgehead atoms. The van der Waals surface area contributed by atoms with Gasteiger partial charge in [-0.3, -0.25) is 4.79 Å². The van der Waals surface area contributed by atoms with Crippen molar-refractivity contribution in [2.75, 3.05) is 19.6 Å². The number of carbonyl (C=O) groups excluding carboxylic acids is 1. The average Bonchev–Trinajstić information content (AvgIpc) is 2.61. The third kappa shape index (κ3) is 3.88. The highest BCUT2D eigenvalue weighted by Crippen LogP contribution is 2.22. The fraction of sp³-hybridized carbons (Fsp3) is 0.778. The zero-order chi connectivity index (χ0) is 13.1. The number of aliphatic carboxylic acids is 1. The second-order valence-corrected chi connectivity index (χ2v) is 3.91. The Bertz CT molecular complexity index is 306. The number of hydrogen-bond acceptors (Lipinski definition) is 3. The van der Waals surface area contributed by atoms with Crippen LogP contribution >= 0.6 is 0 Å². The van der Waals surface area contributed by atoms with Crippen molar-refractivity contribution in [3.8, 4) is 0 Å². The van der Waals surface area contributed by atoms with Crippen molar-refractivity contribution in [3.05, 3.63) is 0 Å². The first-order chi connectivity index (χ1) is 7.82. The summed E-state index contributed by atoms with van der Waals surface area (Å²) >= 11 is 0. The average molecular weight is 254 g/mol. The number of carbonyl (C=O) groups is 2. The predicted octanol–water partition coefficient (Wildman–Crippen LogP) is -0.0248. The molecule has 8 heteroatoms. The summed E-state index contributed by atoms with van der Waals surface area (Å²) in [5.74, 6) is -1.60. The molecule has 0 aliphatic carbocycles. The molecular weight excluding hydrogens is 241 g/mol. The van der Waals surface area contributed by atoms with Crippen LogP contribution in [0.2, 0.25) is 0 Å². The molecule has 0 unspecified atom stereocenters. The Morgan fingerprint density at radius 2 is 1.94 bits per heavy atom. The molecule has 0 aromatic heterocycles. The maximum Gasteiger partial charge on any atom is 0.490 e. The Hall–Kier alpha value is -1.31. The highest BCUT2D eigenvalue weighted by Gasteiger charge is 2.38. The van der Waals surface area contributed by atoms with Crippen LogP contribution in [0.5, 0.6) is 0 Å². The summed E-state index contributed by atoms with van der Waals surface area (Å²) in [5, 5.41) is 13.3. The number of alkyl halides is 3. The number of piperidine rings is 1. The minimum atomic E-state index is -5.08. The molecule has 1 amide bonds. The van der Waals surface area contributed by atoms with Gasteiger partial charge in [-0.1, -0.05) is 0 Å². The fourth-order valence-corrected chi connectivity index (χ4v) is 1.85. The zero-order valence-corrected chi connectivity index (χ0v) is 8.88. The molecule has 2 aliphatic rings. The quantitative estimate of drug-likeness (QED) is 0.567. The third-order valence-corrected chi connectivity index (χ3v) is 2.73. The number of carboxylic acids is 1. The summed E-state index contributed by atoms with van der Waals surface area (Å²) in [4.78, 5) is 20.0. The molecule has 17 heavy (non-hydrogen) atoms. The van der Waals surface area contributed by atoms with Crippen LogP contribution in [-0.2, 0) is 9.59 Å². The summed E-state index contributed by atoms with van der Waals surface area (Å²) < 4.78 is 31.7. The first-order valence-corrected chi connectivity index (χ1v) is 5.11. The molecule has 2 aliphatic heterocycles. The van der Waals surface area contributed by atoms with Gasteiger partial charge in [0.15, 0.2) is 0 Å². The van der Waals surface area contributed by atoms with Crippen LogP contribution in [0, 0.1) is 11.8 Å². The standard InChI is InChI=1S/C7H12N2O.C2HF3O2/c10-7-6-1-2-8-3-5(6)4-9-7;3-2(4,5)1(6)7/h5-6,8H,1-4H2,(H,9,10);(H,6,7)/t5-,6-;/m1./s1. The van der Waals surface area contributed by atoms with Gasteiger partial charge in [0.25, 0.3) is 0 Å². The summed E-state index contributed by atoms with van der Waals surface area (Å²) in [6, 6.07) is 0. The van der Waals surface area contributed by atoms with E-state index >= 15 is 0 Å². The zero-order valence-electron chi connectivity index (χ0n) is 8.88. The van der Waals surface area contributed by atoms with Gasteiger partial charge in [-0.25, -0.2) is 4.79 Å². The second-order valence-electron chi connectivity index (χ2n) is 3.91. The molecule has 2 saturated heterocycles. The van der Waals surface area contributed by atoms with Crippen LogP contribution in [-0.4, -0.2) is 42.8 Å². The van der Waals surface area contributed by atoms with Gasteiger partial charge in [-0.2, -0.15) is 13.2 Å². The van der Waals surface area contributed by atoms with Crippen molar-refractivity contribution in [1.82, 2.24) is 10.6 Å². The van der Waals surface area contributed by atoms with Crippen molar-refractivity contribution in [2.45, 2.75) is 12.6 Å². The van der Waals surface area contributed by atoms with Crippen LogP contribution in [0.3, 0.4) is 0 Å². The van der Waals surface area contributed by atoms with Crippen molar-refractivity contribution >= 4 is 11.9 Å². The molecule has 2 fully saturated rings. The minimum absolute atomic E-state index is 0.270. The van der Waals surface area contributed by atoms with Gasteiger partial charge in [0.05, 0.1) is 0 Å². The number of carboxylic acid groups (broad SMARTS) is 1. The van der Waals surface area contributed by atoms with Gasteiger partial charge in [0.2, 0.25) is 5.91 Å². The molecule has 0 aromatic rings. The highest BCUT2D eigenvalue weighted by molar-refractivity contribution is 5.81. The molecule has 0 spiro atoms. The molecule has 3 N–H and O–H groups in total. The summed E-state index contributed by atoms with van der Waals surface area (Å²) in [7, 11) is 0. The number of hydrogen-bond donors (Lipinski definition) is 3. The lowest BCUT2D eigenvalue weighted by molar-refractivity contribution is -0.192. The Morgan fingerprint density at radius 1 is 1.35 bits per heavy atom. The first-order valence-electron chi connectivity index (χ1n) is 5.11. The van der Waals surface area contributed by atoms with Gasteiger partial charge in [-0.15, -0.1) is 0 Å². The summed E-state index contributed by atoms with van der Waals surface area (Å²) in [5.41, 5.74) is 0. The largest absolute Gasteiger partial charge is 0.490 e. The predicted molar refractivity (Wildman–Crippen MR) is 51.2 cm³/mol. The van der Waals surface area contributed by atoms with Gasteiger partial charge >= 0.3 is 12.1 Å². The topological polar surface area (TPSA) is 78.4 Å². The number of amides is 1. The van der Waals surface area contributed by atoms with Crippen LogP contribution < -0.4 is 10.6 Å². The molecule has 2 heterocycles. The lowest BCUT2D eigenvalue weighted by Crippen LogP contribution is -2.36. The number of halogens is 3. The SMILES string of the molecule is O=C(O)C(F)(F)F.O=C1NC[C@H]2CNCC[C@@H]12. The smallest absolute Gasteiger partial charge is 0.475 e. The molecule has 2 atom stereocenters. The van der Waals surface area contributed by atoms with E-state index in [4.69, 9.17) is 9.90 Å². The van der Waals surface area contributed by atoms with E-state index in [1.165, 1.54) is 0 Å². The maximum absolute atomic E-state index is 11.1. The van der Waals surface area contributed by atoms with E-state index in [1.807, 2.05) is 0 Å². The van der Waals surface area contributed by atoms with Crippen LogP contribution in [0.1, 0.15) is 6.42 Å². The molecule has 0 radical (unpaired) electrons. The van der Waals surface area contributed by atoms with Gasteiger partial charge in [0.1, 0.15) is 0 Å². The first kappa shape index (κ1) is 13.8. The highest BCUT2D eigenvalue weighted by atomic mass is 19.4. The Labute approximate surface area is 95.4 Å². The monoisotopic (exact) mass is 254 g/mol. The Kier molecular flexibility index (Phi) is 4.33. The fourth-order valence-electron chi connectivity index (χ4n) is 1.85. The van der Waals surface area contributed by atoms with Crippen molar-refractivity contribution in [3.63, 3.8) is 0 Å². The second kappa shape index (κ2) is 5.35.